The molecule has 4 rings (SSSR count). The van der Waals surface area contributed by atoms with E-state index in [0.29, 0.717) is 23.8 Å². The van der Waals surface area contributed by atoms with Crippen LogP contribution in [-0.2, 0) is 6.42 Å². The number of carbonyl (C=O) groups is 2. The number of rotatable bonds is 6. The smallest absolute Gasteiger partial charge is 0.293 e. The Labute approximate surface area is 176 Å². The van der Waals surface area contributed by atoms with Gasteiger partial charge in [0, 0.05) is 31.9 Å². The van der Waals surface area contributed by atoms with Crippen molar-refractivity contribution in [1.29, 1.82) is 0 Å². The molecule has 3 aromatic rings. The van der Waals surface area contributed by atoms with Crippen LogP contribution in [0.5, 0.6) is 0 Å². The minimum Gasteiger partial charge on any atom is -0.459 e. The molecule has 2 amide bonds. The molecule has 2 heterocycles. The van der Waals surface area contributed by atoms with Gasteiger partial charge < -0.3 is 19.5 Å². The van der Waals surface area contributed by atoms with Crippen LogP contribution in [0.2, 0.25) is 0 Å². The number of amides is 2. The first kappa shape index (κ1) is 19.8. The molecule has 0 spiro atoms. The first-order chi connectivity index (χ1) is 14.6. The molecule has 0 radical (unpaired) electrons. The summed E-state index contributed by atoms with van der Waals surface area (Å²) < 4.78 is 5.20. The van der Waals surface area contributed by atoms with Gasteiger partial charge >= 0.3 is 0 Å². The highest BCUT2D eigenvalue weighted by Gasteiger charge is 2.25. The first-order valence-electron chi connectivity index (χ1n) is 10.1. The van der Waals surface area contributed by atoms with E-state index < -0.39 is 0 Å². The maximum absolute atomic E-state index is 12.9. The van der Waals surface area contributed by atoms with Crippen molar-refractivity contribution in [1.82, 2.24) is 5.32 Å². The molecule has 0 aliphatic carbocycles. The van der Waals surface area contributed by atoms with Gasteiger partial charge in [-0.1, -0.05) is 30.3 Å². The molecule has 6 heteroatoms. The van der Waals surface area contributed by atoms with E-state index in [-0.39, 0.29) is 17.6 Å². The molecule has 30 heavy (non-hydrogen) atoms. The Morgan fingerprint density at radius 1 is 1.10 bits per heavy atom. The number of para-hydroxylation sites is 2. The normalized spacial score (nSPS) is 15.0. The number of furan rings is 1. The van der Waals surface area contributed by atoms with Gasteiger partial charge in [-0.15, -0.1) is 0 Å². The van der Waals surface area contributed by atoms with Crippen molar-refractivity contribution in [3.8, 4) is 0 Å². The molecule has 0 saturated carbocycles. The van der Waals surface area contributed by atoms with Crippen LogP contribution in [0.15, 0.2) is 71.3 Å². The zero-order chi connectivity index (χ0) is 21.1. The summed E-state index contributed by atoms with van der Waals surface area (Å²) in [5.41, 5.74) is 3.58. The molecular weight excluding hydrogens is 378 g/mol. The van der Waals surface area contributed by atoms with Gasteiger partial charge in [0.15, 0.2) is 5.76 Å². The van der Waals surface area contributed by atoms with Gasteiger partial charge in [0.2, 0.25) is 0 Å². The second-order valence-corrected chi connectivity index (χ2v) is 7.49. The Kier molecular flexibility index (Phi) is 5.57. The van der Waals surface area contributed by atoms with E-state index in [9.17, 15) is 9.59 Å². The fourth-order valence-corrected chi connectivity index (χ4v) is 3.99. The predicted molar refractivity (Wildman–Crippen MR) is 117 cm³/mol. The monoisotopic (exact) mass is 403 g/mol. The number of hydrogen-bond acceptors (Lipinski definition) is 4. The maximum Gasteiger partial charge on any atom is 0.293 e. The number of carbonyl (C=O) groups excluding carboxylic acids is 2. The lowest BCUT2D eigenvalue weighted by Gasteiger charge is -2.25. The van der Waals surface area contributed by atoms with Gasteiger partial charge in [-0.3, -0.25) is 9.59 Å². The summed E-state index contributed by atoms with van der Waals surface area (Å²) in [6.07, 6.45) is 2.48. The molecule has 1 aromatic heterocycles. The van der Waals surface area contributed by atoms with Gasteiger partial charge in [-0.2, -0.15) is 0 Å². The van der Waals surface area contributed by atoms with Crippen LogP contribution in [0.3, 0.4) is 0 Å². The number of anilines is 2. The lowest BCUT2D eigenvalue weighted by Crippen LogP contribution is -2.38. The van der Waals surface area contributed by atoms with E-state index in [1.54, 1.807) is 43.4 Å². The Morgan fingerprint density at radius 2 is 1.87 bits per heavy atom. The largest absolute Gasteiger partial charge is 0.459 e. The van der Waals surface area contributed by atoms with Crippen LogP contribution >= 0.6 is 0 Å². The van der Waals surface area contributed by atoms with Crippen LogP contribution in [0.4, 0.5) is 11.4 Å². The summed E-state index contributed by atoms with van der Waals surface area (Å²) in [6.45, 7) is 3.45. The van der Waals surface area contributed by atoms with Gasteiger partial charge in [0.25, 0.3) is 11.8 Å². The van der Waals surface area contributed by atoms with Crippen molar-refractivity contribution < 1.29 is 14.0 Å². The lowest BCUT2D eigenvalue weighted by atomic mass is 10.1. The fourth-order valence-electron chi connectivity index (χ4n) is 3.99. The second kappa shape index (κ2) is 8.45. The average molecular weight is 403 g/mol. The number of nitrogens with one attached hydrogen (secondary N) is 1. The van der Waals surface area contributed by atoms with Gasteiger partial charge in [0.05, 0.1) is 17.5 Å². The van der Waals surface area contributed by atoms with E-state index in [1.807, 2.05) is 6.07 Å². The van der Waals surface area contributed by atoms with Crippen LogP contribution in [0.1, 0.15) is 33.4 Å². The summed E-state index contributed by atoms with van der Waals surface area (Å²) in [5.74, 6) is -0.276. The van der Waals surface area contributed by atoms with E-state index >= 15 is 0 Å². The second-order valence-electron chi connectivity index (χ2n) is 7.49. The summed E-state index contributed by atoms with van der Waals surface area (Å²) >= 11 is 0. The van der Waals surface area contributed by atoms with Crippen molar-refractivity contribution >= 4 is 23.2 Å². The molecule has 1 atom stereocenters. The number of hydrogen-bond donors (Lipinski definition) is 1. The molecule has 0 fully saturated rings. The Bertz CT molecular complexity index is 1050. The van der Waals surface area contributed by atoms with Crippen molar-refractivity contribution in [3.63, 3.8) is 0 Å². The SMILES string of the molecule is CC1Cc2ccccc2N1CCNC(=O)c1ccccc1N(C)C(=O)c1ccco1. The lowest BCUT2D eigenvalue weighted by molar-refractivity contribution is 0.0954. The van der Waals surface area contributed by atoms with Gasteiger partial charge in [0.1, 0.15) is 0 Å². The third-order valence-electron chi connectivity index (χ3n) is 5.53. The van der Waals surface area contributed by atoms with Gasteiger partial charge in [-0.05, 0) is 49.2 Å². The standard InChI is InChI=1S/C24H25N3O3/c1-17-16-18-8-3-5-10-20(18)27(17)14-13-25-23(28)19-9-4-6-11-21(19)26(2)24(29)22-12-7-15-30-22/h3-12,15,17H,13-14,16H2,1-2H3,(H,25,28). The zero-order valence-electron chi connectivity index (χ0n) is 17.2. The van der Waals surface area contributed by atoms with Crippen LogP contribution in [0.25, 0.3) is 0 Å². The molecule has 1 aliphatic rings. The Balaban J connectivity index is 1.43. The van der Waals surface area contributed by atoms with Crippen LogP contribution in [0, 0.1) is 0 Å². The summed E-state index contributed by atoms with van der Waals surface area (Å²) in [6, 6.07) is 19.2. The molecule has 0 saturated heterocycles. The minimum atomic E-state index is -0.303. The van der Waals surface area contributed by atoms with Crippen molar-refractivity contribution in [2.75, 3.05) is 29.9 Å². The molecule has 2 aromatic carbocycles. The summed E-state index contributed by atoms with van der Waals surface area (Å²) in [4.78, 5) is 29.3. The average Bonchev–Trinajstić information content (AvgIpc) is 3.41. The predicted octanol–water partition coefficient (Wildman–Crippen LogP) is 3.74. The molecule has 6 nitrogen and oxygen atoms in total. The highest BCUT2D eigenvalue weighted by Crippen LogP contribution is 2.31. The highest BCUT2D eigenvalue weighted by atomic mass is 16.3. The summed E-state index contributed by atoms with van der Waals surface area (Å²) in [5, 5.41) is 3.00. The first-order valence-corrected chi connectivity index (χ1v) is 10.1. The number of nitrogens with zero attached hydrogens (tertiary/aromatic N) is 2. The topological polar surface area (TPSA) is 65.8 Å². The Morgan fingerprint density at radius 3 is 2.67 bits per heavy atom. The quantitative estimate of drug-likeness (QED) is 0.681. The van der Waals surface area contributed by atoms with E-state index in [4.69, 9.17) is 4.42 Å². The molecule has 1 N–H and O–H groups in total. The maximum atomic E-state index is 12.9. The third kappa shape index (κ3) is 3.81. The fraction of sp³-hybridized carbons (Fsp3) is 0.250. The molecule has 154 valence electrons. The summed E-state index contributed by atoms with van der Waals surface area (Å²) in [7, 11) is 1.64. The number of fused-ring (bicyclic) bond motifs is 1. The molecular formula is C24H25N3O3. The van der Waals surface area contributed by atoms with Crippen LogP contribution in [-0.4, -0.2) is 38.0 Å². The van der Waals surface area contributed by atoms with Crippen LogP contribution < -0.4 is 15.1 Å². The highest BCUT2D eigenvalue weighted by molar-refractivity contribution is 6.09. The van der Waals surface area contributed by atoms with Gasteiger partial charge in [-0.25, -0.2) is 0 Å². The van der Waals surface area contributed by atoms with E-state index in [0.717, 1.165) is 13.0 Å². The van der Waals surface area contributed by atoms with Crippen molar-refractivity contribution in [2.24, 2.45) is 0 Å². The molecule has 1 aliphatic heterocycles. The molecule has 0 bridgehead atoms. The van der Waals surface area contributed by atoms with E-state index in [1.165, 1.54) is 22.4 Å². The zero-order valence-corrected chi connectivity index (χ0v) is 17.2. The van der Waals surface area contributed by atoms with E-state index in [2.05, 4.69) is 35.3 Å². The minimum absolute atomic E-state index is 0.204. The van der Waals surface area contributed by atoms with Crippen molar-refractivity contribution in [2.45, 2.75) is 19.4 Å². The van der Waals surface area contributed by atoms with Crippen molar-refractivity contribution in [3.05, 3.63) is 83.8 Å². The number of benzene rings is 2. The third-order valence-corrected chi connectivity index (χ3v) is 5.53. The molecule has 1 unspecified atom stereocenters. The Hall–Kier alpha value is -3.54.